The SMILES string of the molecule is CC(=O)O.O[C@@H]1c2c(ccc3cc4ccccc4cc23)CC[C@H]1Br. The molecule has 1 aliphatic rings. The number of carbonyl (C=O) groups is 1. The molecule has 0 saturated heterocycles. The van der Waals surface area contributed by atoms with Crippen molar-refractivity contribution in [2.75, 3.05) is 0 Å². The third-order valence-corrected chi connectivity index (χ3v) is 5.30. The van der Waals surface area contributed by atoms with Crippen molar-refractivity contribution in [3.63, 3.8) is 0 Å². The molecule has 124 valence electrons. The highest BCUT2D eigenvalue weighted by Gasteiger charge is 2.27. The molecule has 0 fully saturated rings. The smallest absolute Gasteiger partial charge is 0.300 e. The minimum atomic E-state index is -0.833. The van der Waals surface area contributed by atoms with Crippen LogP contribution in [0, 0.1) is 0 Å². The molecule has 3 aromatic carbocycles. The Morgan fingerprint density at radius 1 is 1.08 bits per heavy atom. The number of aliphatic carboxylic acids is 1. The highest BCUT2D eigenvalue weighted by molar-refractivity contribution is 9.09. The van der Waals surface area contributed by atoms with Crippen molar-refractivity contribution in [3.05, 3.63) is 59.7 Å². The summed E-state index contributed by atoms with van der Waals surface area (Å²) < 4.78 is 0. The number of benzene rings is 3. The minimum absolute atomic E-state index is 0.159. The Morgan fingerprint density at radius 3 is 2.38 bits per heavy atom. The number of hydrogen-bond acceptors (Lipinski definition) is 2. The van der Waals surface area contributed by atoms with Gasteiger partial charge in [-0.3, -0.25) is 4.79 Å². The molecule has 0 radical (unpaired) electrons. The summed E-state index contributed by atoms with van der Waals surface area (Å²) in [6.45, 7) is 1.08. The zero-order valence-electron chi connectivity index (χ0n) is 13.4. The lowest BCUT2D eigenvalue weighted by Crippen LogP contribution is -2.20. The summed E-state index contributed by atoms with van der Waals surface area (Å²) >= 11 is 3.61. The van der Waals surface area contributed by atoms with Gasteiger partial charge in [0.05, 0.1) is 6.10 Å². The molecule has 0 aliphatic heterocycles. The van der Waals surface area contributed by atoms with Crippen LogP contribution in [0.2, 0.25) is 0 Å². The number of hydrogen-bond donors (Lipinski definition) is 2. The number of aliphatic hydroxyl groups is 1. The van der Waals surface area contributed by atoms with E-state index >= 15 is 0 Å². The number of aliphatic hydroxyl groups excluding tert-OH is 1. The van der Waals surface area contributed by atoms with Crippen molar-refractivity contribution in [3.8, 4) is 0 Å². The topological polar surface area (TPSA) is 57.5 Å². The van der Waals surface area contributed by atoms with Crippen LogP contribution in [-0.4, -0.2) is 21.0 Å². The molecule has 0 aromatic heterocycles. The lowest BCUT2D eigenvalue weighted by Gasteiger charge is -2.27. The molecule has 3 aromatic rings. The second kappa shape index (κ2) is 6.91. The summed E-state index contributed by atoms with van der Waals surface area (Å²) in [6, 6.07) is 17.2. The second-order valence-electron chi connectivity index (χ2n) is 6.08. The van der Waals surface area contributed by atoms with E-state index in [0.29, 0.717) is 0 Å². The van der Waals surface area contributed by atoms with E-state index in [2.05, 4.69) is 64.5 Å². The number of carboxylic acids is 1. The van der Waals surface area contributed by atoms with E-state index in [0.717, 1.165) is 25.3 Å². The Morgan fingerprint density at radius 2 is 1.71 bits per heavy atom. The Balaban J connectivity index is 0.000000383. The normalized spacial score (nSPS) is 19.5. The van der Waals surface area contributed by atoms with Gasteiger partial charge in [-0.25, -0.2) is 0 Å². The first-order valence-electron chi connectivity index (χ1n) is 7.93. The summed E-state index contributed by atoms with van der Waals surface area (Å²) in [4.78, 5) is 9.16. The van der Waals surface area contributed by atoms with Crippen molar-refractivity contribution in [1.82, 2.24) is 0 Å². The fourth-order valence-corrected chi connectivity index (χ4v) is 3.77. The van der Waals surface area contributed by atoms with E-state index in [4.69, 9.17) is 9.90 Å². The Labute approximate surface area is 149 Å². The molecule has 24 heavy (non-hydrogen) atoms. The summed E-state index contributed by atoms with van der Waals surface area (Å²) in [5, 5.41) is 22.9. The third-order valence-electron chi connectivity index (χ3n) is 4.35. The number of fused-ring (bicyclic) bond motifs is 4. The van der Waals surface area contributed by atoms with Crippen LogP contribution in [-0.2, 0) is 11.2 Å². The third kappa shape index (κ3) is 3.30. The highest BCUT2D eigenvalue weighted by atomic mass is 79.9. The predicted molar refractivity (Wildman–Crippen MR) is 101 cm³/mol. The van der Waals surface area contributed by atoms with Crippen LogP contribution in [0.25, 0.3) is 21.5 Å². The molecule has 0 bridgehead atoms. The maximum absolute atomic E-state index is 10.6. The molecule has 4 rings (SSSR count). The van der Waals surface area contributed by atoms with E-state index in [-0.39, 0.29) is 4.83 Å². The predicted octanol–water partition coefficient (Wildman–Crippen LogP) is 4.83. The quantitative estimate of drug-likeness (QED) is 0.429. The van der Waals surface area contributed by atoms with Gasteiger partial charge >= 0.3 is 0 Å². The van der Waals surface area contributed by atoms with E-state index < -0.39 is 12.1 Å². The van der Waals surface area contributed by atoms with Gasteiger partial charge in [0, 0.05) is 11.8 Å². The number of carboxylic acid groups (broad SMARTS) is 1. The van der Waals surface area contributed by atoms with Gasteiger partial charge in [0.15, 0.2) is 0 Å². The molecule has 0 unspecified atom stereocenters. The molecular formula is C20H19BrO3. The molecule has 0 spiro atoms. The zero-order chi connectivity index (χ0) is 17.3. The van der Waals surface area contributed by atoms with E-state index in [9.17, 15) is 5.11 Å². The lowest BCUT2D eigenvalue weighted by molar-refractivity contribution is -0.134. The van der Waals surface area contributed by atoms with Crippen LogP contribution in [0.1, 0.15) is 30.6 Å². The van der Waals surface area contributed by atoms with Crippen molar-refractivity contribution >= 4 is 43.4 Å². The van der Waals surface area contributed by atoms with Crippen LogP contribution in [0.4, 0.5) is 0 Å². The van der Waals surface area contributed by atoms with E-state index in [1.807, 2.05) is 0 Å². The van der Waals surface area contributed by atoms with Gasteiger partial charge in [-0.05, 0) is 57.6 Å². The van der Waals surface area contributed by atoms with Crippen LogP contribution in [0.15, 0.2) is 48.5 Å². The van der Waals surface area contributed by atoms with Crippen molar-refractivity contribution in [2.45, 2.75) is 30.7 Å². The van der Waals surface area contributed by atoms with Crippen LogP contribution in [0.5, 0.6) is 0 Å². The van der Waals surface area contributed by atoms with Crippen LogP contribution in [0.3, 0.4) is 0 Å². The Bertz CT molecular complexity index is 900. The van der Waals surface area contributed by atoms with Gasteiger partial charge in [-0.2, -0.15) is 0 Å². The molecule has 2 atom stereocenters. The number of rotatable bonds is 0. The van der Waals surface area contributed by atoms with Crippen molar-refractivity contribution < 1.29 is 15.0 Å². The van der Waals surface area contributed by atoms with Gasteiger partial charge in [-0.15, -0.1) is 0 Å². The molecule has 0 amide bonds. The average molecular weight is 387 g/mol. The number of alkyl halides is 1. The maximum Gasteiger partial charge on any atom is 0.300 e. The Hall–Kier alpha value is -1.91. The van der Waals surface area contributed by atoms with Gasteiger partial charge < -0.3 is 10.2 Å². The standard InChI is InChI=1S/C18H15BrO.C2H4O2/c19-16-8-7-11-5-6-14-9-12-3-1-2-4-13(12)10-15(14)17(11)18(16)20;1-2(3)4/h1-6,9-10,16,18,20H,7-8H2;1H3,(H,3,4)/t16-,18+;/m1./s1. The van der Waals surface area contributed by atoms with E-state index in [1.165, 1.54) is 27.1 Å². The van der Waals surface area contributed by atoms with Crippen molar-refractivity contribution in [1.29, 1.82) is 0 Å². The number of halogens is 1. The molecule has 1 aliphatic carbocycles. The zero-order valence-corrected chi connectivity index (χ0v) is 15.0. The maximum atomic E-state index is 10.6. The first-order valence-corrected chi connectivity index (χ1v) is 8.85. The summed E-state index contributed by atoms with van der Waals surface area (Å²) in [5.74, 6) is -0.833. The largest absolute Gasteiger partial charge is 0.481 e. The fraction of sp³-hybridized carbons (Fsp3) is 0.250. The van der Waals surface area contributed by atoms with E-state index in [1.54, 1.807) is 0 Å². The van der Waals surface area contributed by atoms with Crippen LogP contribution < -0.4 is 0 Å². The monoisotopic (exact) mass is 386 g/mol. The van der Waals surface area contributed by atoms with Gasteiger partial charge in [-0.1, -0.05) is 52.3 Å². The molecule has 0 heterocycles. The van der Waals surface area contributed by atoms with Gasteiger partial charge in [0.2, 0.25) is 0 Å². The van der Waals surface area contributed by atoms with Gasteiger partial charge in [0.25, 0.3) is 5.97 Å². The van der Waals surface area contributed by atoms with Gasteiger partial charge in [0.1, 0.15) is 0 Å². The second-order valence-corrected chi connectivity index (χ2v) is 7.25. The molecule has 4 heteroatoms. The first-order chi connectivity index (χ1) is 11.5. The lowest BCUT2D eigenvalue weighted by atomic mass is 9.85. The molecule has 3 nitrogen and oxygen atoms in total. The summed E-state index contributed by atoms with van der Waals surface area (Å²) in [7, 11) is 0. The first kappa shape index (κ1) is 16.9. The molecule has 2 N–H and O–H groups in total. The molecule has 0 saturated carbocycles. The number of aryl methyl sites for hydroxylation is 1. The average Bonchev–Trinajstić information content (AvgIpc) is 2.55. The summed E-state index contributed by atoms with van der Waals surface area (Å²) in [6.07, 6.45) is 1.61. The summed E-state index contributed by atoms with van der Waals surface area (Å²) in [5.41, 5.74) is 2.40. The molecular weight excluding hydrogens is 368 g/mol. The van der Waals surface area contributed by atoms with Crippen molar-refractivity contribution in [2.24, 2.45) is 0 Å². The fourth-order valence-electron chi connectivity index (χ4n) is 3.28. The highest BCUT2D eigenvalue weighted by Crippen LogP contribution is 2.39. The Kier molecular flexibility index (Phi) is 4.88. The minimum Gasteiger partial charge on any atom is -0.481 e. The van der Waals surface area contributed by atoms with Crippen LogP contribution >= 0.6 is 15.9 Å².